The van der Waals surface area contributed by atoms with Crippen molar-refractivity contribution in [2.24, 2.45) is 0 Å². The summed E-state index contributed by atoms with van der Waals surface area (Å²) in [7, 11) is 0. The number of fused-ring (bicyclic) bond motifs is 1. The Hall–Kier alpha value is -1.58. The lowest BCUT2D eigenvalue weighted by atomic mass is 10.2. The Labute approximate surface area is 115 Å². The van der Waals surface area contributed by atoms with Gasteiger partial charge in [-0.3, -0.25) is 0 Å². The van der Waals surface area contributed by atoms with Crippen LogP contribution in [0.4, 0.5) is 0 Å². The maximum Gasteiger partial charge on any atom is 0.178 e. The molecule has 90 valence electrons. The zero-order valence-corrected chi connectivity index (χ0v) is 11.1. The lowest BCUT2D eigenvalue weighted by Crippen LogP contribution is -1.99. The van der Waals surface area contributed by atoms with E-state index in [0.717, 1.165) is 32.9 Å². The third-order valence-electron chi connectivity index (χ3n) is 2.91. The fourth-order valence-corrected chi connectivity index (χ4v) is 2.57. The minimum absolute atomic E-state index is 0.726. The first-order chi connectivity index (χ1) is 8.74. The van der Waals surface area contributed by atoms with Crippen molar-refractivity contribution in [2.45, 2.75) is 6.54 Å². The molecule has 0 radical (unpaired) electrons. The monoisotopic (exact) mass is 274 g/mol. The second kappa shape index (κ2) is 4.59. The minimum atomic E-state index is 0.726. The average Bonchev–Trinajstić information content (AvgIpc) is 2.66. The van der Waals surface area contributed by atoms with Gasteiger partial charge in [-0.1, -0.05) is 35.9 Å². The Bertz CT molecular complexity index is 758. The number of halogens is 1. The third kappa shape index (κ3) is 2.07. The van der Waals surface area contributed by atoms with E-state index in [1.807, 2.05) is 36.4 Å². The molecule has 1 N–H and O–H groups in total. The van der Waals surface area contributed by atoms with E-state index in [2.05, 4.69) is 21.7 Å². The van der Waals surface area contributed by atoms with Crippen molar-refractivity contribution in [3.63, 3.8) is 0 Å². The Kier molecular flexibility index (Phi) is 2.94. The van der Waals surface area contributed by atoms with Gasteiger partial charge in [-0.15, -0.1) is 0 Å². The Morgan fingerprint density at radius 2 is 1.94 bits per heavy atom. The predicted octanol–water partition coefficient (Wildman–Crippen LogP) is 4.40. The summed E-state index contributed by atoms with van der Waals surface area (Å²) in [5.74, 6) is 0. The van der Waals surface area contributed by atoms with Crippen molar-refractivity contribution in [2.75, 3.05) is 0 Å². The number of aromatic nitrogens is 2. The standard InChI is InChI=1S/C14H11ClN2S/c15-11-5-3-4-10(8-11)9-17-13-7-2-1-6-12(13)16-14(17)18/h1-8H,9H2,(H,16,18). The molecule has 3 aromatic rings. The van der Waals surface area contributed by atoms with E-state index >= 15 is 0 Å². The molecule has 0 saturated carbocycles. The normalized spacial score (nSPS) is 10.9. The van der Waals surface area contributed by atoms with Gasteiger partial charge in [-0.25, -0.2) is 0 Å². The zero-order chi connectivity index (χ0) is 12.5. The molecule has 0 atom stereocenters. The first-order valence-corrected chi connectivity index (χ1v) is 6.45. The van der Waals surface area contributed by atoms with Crippen LogP contribution in [-0.2, 0) is 6.54 Å². The Morgan fingerprint density at radius 3 is 2.78 bits per heavy atom. The van der Waals surface area contributed by atoms with Crippen molar-refractivity contribution in [3.8, 4) is 0 Å². The molecule has 1 heterocycles. The lowest BCUT2D eigenvalue weighted by Gasteiger charge is -2.05. The fourth-order valence-electron chi connectivity index (χ4n) is 2.08. The van der Waals surface area contributed by atoms with Gasteiger partial charge in [0.1, 0.15) is 0 Å². The van der Waals surface area contributed by atoms with Crippen molar-refractivity contribution in [1.29, 1.82) is 0 Å². The molecule has 0 fully saturated rings. The fraction of sp³-hybridized carbons (Fsp3) is 0.0714. The van der Waals surface area contributed by atoms with Gasteiger partial charge in [0.15, 0.2) is 4.77 Å². The van der Waals surface area contributed by atoms with Gasteiger partial charge in [0, 0.05) is 5.02 Å². The molecule has 0 unspecified atom stereocenters. The Balaban J connectivity index is 2.10. The van der Waals surface area contributed by atoms with Crippen LogP contribution < -0.4 is 0 Å². The smallest absolute Gasteiger partial charge is 0.178 e. The first kappa shape index (κ1) is 11.5. The van der Waals surface area contributed by atoms with Gasteiger partial charge < -0.3 is 9.55 Å². The van der Waals surface area contributed by atoms with Crippen LogP contribution in [0.3, 0.4) is 0 Å². The molecule has 0 amide bonds. The molecular formula is C14H11ClN2S. The van der Waals surface area contributed by atoms with E-state index in [9.17, 15) is 0 Å². The second-order valence-corrected chi connectivity index (χ2v) is 4.99. The highest BCUT2D eigenvalue weighted by Gasteiger charge is 2.04. The van der Waals surface area contributed by atoms with Gasteiger partial charge in [0.2, 0.25) is 0 Å². The number of para-hydroxylation sites is 2. The number of hydrogen-bond donors (Lipinski definition) is 1. The van der Waals surface area contributed by atoms with Crippen LogP contribution in [0.5, 0.6) is 0 Å². The highest BCUT2D eigenvalue weighted by atomic mass is 35.5. The minimum Gasteiger partial charge on any atom is -0.331 e. The van der Waals surface area contributed by atoms with Gasteiger partial charge in [-0.05, 0) is 42.0 Å². The SMILES string of the molecule is S=c1[nH]c2ccccc2n1Cc1cccc(Cl)c1. The van der Waals surface area contributed by atoms with Gasteiger partial charge in [0.25, 0.3) is 0 Å². The number of hydrogen-bond acceptors (Lipinski definition) is 1. The average molecular weight is 275 g/mol. The summed E-state index contributed by atoms with van der Waals surface area (Å²) < 4.78 is 2.81. The van der Waals surface area contributed by atoms with Crippen LogP contribution in [0.15, 0.2) is 48.5 Å². The van der Waals surface area contributed by atoms with Gasteiger partial charge in [0.05, 0.1) is 17.6 Å². The van der Waals surface area contributed by atoms with E-state index < -0.39 is 0 Å². The van der Waals surface area contributed by atoms with E-state index in [1.54, 1.807) is 0 Å². The summed E-state index contributed by atoms with van der Waals surface area (Å²) in [6.45, 7) is 0.726. The van der Waals surface area contributed by atoms with Crippen molar-refractivity contribution in [3.05, 3.63) is 63.9 Å². The summed E-state index contributed by atoms with van der Waals surface area (Å²) in [6, 6.07) is 15.9. The third-order valence-corrected chi connectivity index (χ3v) is 3.47. The molecule has 0 bridgehead atoms. The molecule has 0 aliphatic carbocycles. The molecule has 0 aliphatic rings. The predicted molar refractivity (Wildman–Crippen MR) is 77.7 cm³/mol. The van der Waals surface area contributed by atoms with E-state index in [4.69, 9.17) is 23.8 Å². The lowest BCUT2D eigenvalue weighted by molar-refractivity contribution is 0.810. The number of rotatable bonds is 2. The summed E-state index contributed by atoms with van der Waals surface area (Å²) in [5.41, 5.74) is 3.32. The molecule has 1 aromatic heterocycles. The Morgan fingerprint density at radius 1 is 1.11 bits per heavy atom. The maximum atomic E-state index is 6.00. The van der Waals surface area contributed by atoms with Crippen molar-refractivity contribution >= 4 is 34.9 Å². The summed E-state index contributed by atoms with van der Waals surface area (Å²) in [5, 5.41) is 0.749. The number of aromatic amines is 1. The zero-order valence-electron chi connectivity index (χ0n) is 9.56. The van der Waals surface area contributed by atoms with Crippen molar-refractivity contribution < 1.29 is 0 Å². The number of imidazole rings is 1. The van der Waals surface area contributed by atoms with Crippen LogP contribution in [0.25, 0.3) is 11.0 Å². The molecule has 0 aliphatic heterocycles. The van der Waals surface area contributed by atoms with Crippen molar-refractivity contribution in [1.82, 2.24) is 9.55 Å². The highest BCUT2D eigenvalue weighted by molar-refractivity contribution is 7.71. The molecule has 3 rings (SSSR count). The van der Waals surface area contributed by atoms with Crippen LogP contribution in [0.1, 0.15) is 5.56 Å². The van der Waals surface area contributed by atoms with Crippen LogP contribution in [-0.4, -0.2) is 9.55 Å². The topological polar surface area (TPSA) is 20.7 Å². The van der Waals surface area contributed by atoms with E-state index in [1.165, 1.54) is 0 Å². The van der Waals surface area contributed by atoms with Crippen LogP contribution in [0, 0.1) is 4.77 Å². The van der Waals surface area contributed by atoms with Gasteiger partial charge in [-0.2, -0.15) is 0 Å². The second-order valence-electron chi connectivity index (χ2n) is 4.16. The molecule has 2 nitrogen and oxygen atoms in total. The number of nitrogens with one attached hydrogen (secondary N) is 1. The van der Waals surface area contributed by atoms with E-state index in [0.29, 0.717) is 0 Å². The number of nitrogens with zero attached hydrogens (tertiary/aromatic N) is 1. The van der Waals surface area contributed by atoms with E-state index in [-0.39, 0.29) is 0 Å². The quantitative estimate of drug-likeness (QED) is 0.687. The molecule has 0 spiro atoms. The molecular weight excluding hydrogens is 264 g/mol. The number of benzene rings is 2. The van der Waals surface area contributed by atoms with Crippen LogP contribution >= 0.6 is 23.8 Å². The first-order valence-electron chi connectivity index (χ1n) is 5.66. The van der Waals surface area contributed by atoms with Gasteiger partial charge >= 0.3 is 0 Å². The summed E-state index contributed by atoms with van der Waals surface area (Å²) in [6.07, 6.45) is 0. The van der Waals surface area contributed by atoms with Crippen LogP contribution in [0.2, 0.25) is 5.02 Å². The largest absolute Gasteiger partial charge is 0.331 e. The molecule has 18 heavy (non-hydrogen) atoms. The highest BCUT2D eigenvalue weighted by Crippen LogP contribution is 2.17. The molecule has 4 heteroatoms. The molecule has 2 aromatic carbocycles. The summed E-state index contributed by atoms with van der Waals surface area (Å²) in [4.78, 5) is 3.21. The maximum absolute atomic E-state index is 6.00. The number of H-pyrrole nitrogens is 1. The molecule has 0 saturated heterocycles. The summed E-state index contributed by atoms with van der Waals surface area (Å²) >= 11 is 11.4.